The van der Waals surface area contributed by atoms with E-state index in [1.807, 2.05) is 36.9 Å². The van der Waals surface area contributed by atoms with Gasteiger partial charge in [0.15, 0.2) is 0 Å². The molecular formula is C24H24ClFN4. The number of fused-ring (bicyclic) bond motifs is 1. The Balaban J connectivity index is 1.38. The summed E-state index contributed by atoms with van der Waals surface area (Å²) >= 11 is 6.34. The number of aromatic nitrogens is 3. The summed E-state index contributed by atoms with van der Waals surface area (Å²) in [4.78, 5) is 6.65. The van der Waals surface area contributed by atoms with E-state index in [9.17, 15) is 4.39 Å². The maximum absolute atomic E-state index is 13.4. The molecule has 0 aliphatic carbocycles. The first-order valence-corrected chi connectivity index (χ1v) is 10.8. The van der Waals surface area contributed by atoms with E-state index < -0.39 is 0 Å². The molecule has 2 aromatic carbocycles. The maximum Gasteiger partial charge on any atom is 0.123 e. The Labute approximate surface area is 180 Å². The van der Waals surface area contributed by atoms with Crippen molar-refractivity contribution in [2.45, 2.75) is 25.3 Å². The summed E-state index contributed by atoms with van der Waals surface area (Å²) in [6.07, 6.45) is 10.2. The van der Waals surface area contributed by atoms with Gasteiger partial charge in [-0.2, -0.15) is 0 Å². The third-order valence-electron chi connectivity index (χ3n) is 6.16. The van der Waals surface area contributed by atoms with Crippen molar-refractivity contribution in [2.24, 2.45) is 0 Å². The van der Waals surface area contributed by atoms with Gasteiger partial charge < -0.3 is 14.0 Å². The number of hydrogen-bond acceptors (Lipinski definition) is 2. The van der Waals surface area contributed by atoms with Gasteiger partial charge in [0, 0.05) is 47.8 Å². The van der Waals surface area contributed by atoms with Crippen molar-refractivity contribution >= 4 is 22.5 Å². The van der Waals surface area contributed by atoms with Gasteiger partial charge in [-0.1, -0.05) is 11.6 Å². The Kier molecular flexibility index (Phi) is 5.32. The van der Waals surface area contributed by atoms with E-state index in [4.69, 9.17) is 11.6 Å². The lowest BCUT2D eigenvalue weighted by molar-refractivity contribution is 0.205. The molecule has 1 fully saturated rings. The minimum atomic E-state index is -0.221. The largest absolute Gasteiger partial charge is 0.336 e. The zero-order chi connectivity index (χ0) is 20.5. The first kappa shape index (κ1) is 19.3. The molecule has 0 N–H and O–H groups in total. The molecule has 0 spiro atoms. The molecule has 3 heterocycles. The van der Waals surface area contributed by atoms with E-state index in [2.05, 4.69) is 37.3 Å². The highest BCUT2D eigenvalue weighted by atomic mass is 35.5. The van der Waals surface area contributed by atoms with E-state index in [1.54, 1.807) is 0 Å². The summed E-state index contributed by atoms with van der Waals surface area (Å²) in [5.74, 6) is 0.277. The second-order valence-corrected chi connectivity index (χ2v) is 8.45. The molecule has 1 saturated heterocycles. The van der Waals surface area contributed by atoms with Crippen molar-refractivity contribution in [3.05, 3.63) is 83.8 Å². The Morgan fingerprint density at radius 2 is 1.83 bits per heavy atom. The summed E-state index contributed by atoms with van der Waals surface area (Å²) in [6.45, 7) is 4.20. The van der Waals surface area contributed by atoms with Crippen LogP contribution in [0.2, 0.25) is 5.02 Å². The summed E-state index contributed by atoms with van der Waals surface area (Å²) in [5, 5.41) is 1.95. The highest BCUT2D eigenvalue weighted by Gasteiger charge is 2.24. The first-order chi connectivity index (χ1) is 14.7. The van der Waals surface area contributed by atoms with Crippen LogP contribution < -0.4 is 0 Å². The van der Waals surface area contributed by atoms with Gasteiger partial charge in [-0.3, -0.25) is 0 Å². The predicted octanol–water partition coefficient (Wildman–Crippen LogP) is 5.50. The zero-order valence-corrected chi connectivity index (χ0v) is 17.5. The Morgan fingerprint density at radius 1 is 1.03 bits per heavy atom. The maximum atomic E-state index is 13.4. The number of halogens is 2. The lowest BCUT2D eigenvalue weighted by Gasteiger charge is -2.32. The third-order valence-corrected chi connectivity index (χ3v) is 6.40. The average molecular weight is 423 g/mol. The fourth-order valence-corrected chi connectivity index (χ4v) is 4.68. The molecule has 6 heteroatoms. The van der Waals surface area contributed by atoms with Gasteiger partial charge >= 0.3 is 0 Å². The van der Waals surface area contributed by atoms with Crippen molar-refractivity contribution in [1.29, 1.82) is 0 Å². The molecule has 0 radical (unpaired) electrons. The Morgan fingerprint density at radius 3 is 2.57 bits per heavy atom. The number of likely N-dealkylation sites (tertiary alicyclic amines) is 1. The fraction of sp³-hybridized carbons (Fsp3) is 0.292. The van der Waals surface area contributed by atoms with Crippen LogP contribution in [0.15, 0.2) is 67.4 Å². The molecule has 4 aromatic rings. The van der Waals surface area contributed by atoms with Crippen LogP contribution in [0.1, 0.15) is 24.3 Å². The highest BCUT2D eigenvalue weighted by molar-refractivity contribution is 6.31. The van der Waals surface area contributed by atoms with Crippen LogP contribution in [0.25, 0.3) is 16.6 Å². The summed E-state index contributed by atoms with van der Waals surface area (Å²) in [5.41, 5.74) is 3.42. The minimum absolute atomic E-state index is 0.221. The van der Waals surface area contributed by atoms with Crippen LogP contribution in [0.3, 0.4) is 0 Å². The Bertz CT molecular complexity index is 1130. The molecule has 0 unspecified atom stereocenters. The van der Waals surface area contributed by atoms with Crippen LogP contribution in [0.5, 0.6) is 0 Å². The van der Waals surface area contributed by atoms with E-state index in [-0.39, 0.29) is 5.82 Å². The molecular weight excluding hydrogens is 399 g/mol. The molecule has 0 amide bonds. The number of piperidine rings is 1. The molecule has 30 heavy (non-hydrogen) atoms. The van der Waals surface area contributed by atoms with Crippen LogP contribution in [0.4, 0.5) is 4.39 Å². The van der Waals surface area contributed by atoms with E-state index in [0.29, 0.717) is 5.92 Å². The quantitative estimate of drug-likeness (QED) is 0.424. The Hall–Kier alpha value is -2.63. The molecule has 2 aromatic heterocycles. The monoisotopic (exact) mass is 422 g/mol. The molecule has 0 atom stereocenters. The van der Waals surface area contributed by atoms with Gasteiger partial charge in [0.05, 0.1) is 11.8 Å². The van der Waals surface area contributed by atoms with Crippen molar-refractivity contribution in [2.75, 3.05) is 19.6 Å². The van der Waals surface area contributed by atoms with Crippen molar-refractivity contribution < 1.29 is 4.39 Å². The minimum Gasteiger partial charge on any atom is -0.336 e. The highest BCUT2D eigenvalue weighted by Crippen LogP contribution is 2.36. The van der Waals surface area contributed by atoms with Gasteiger partial charge in [-0.05, 0) is 79.9 Å². The first-order valence-electron chi connectivity index (χ1n) is 10.4. The molecule has 1 aliphatic heterocycles. The third kappa shape index (κ3) is 3.87. The van der Waals surface area contributed by atoms with E-state index in [1.165, 1.54) is 23.1 Å². The molecule has 0 saturated carbocycles. The van der Waals surface area contributed by atoms with Crippen molar-refractivity contribution in [3.8, 4) is 5.69 Å². The topological polar surface area (TPSA) is 26.0 Å². The van der Waals surface area contributed by atoms with Gasteiger partial charge in [-0.15, -0.1) is 0 Å². The number of rotatable bonds is 5. The number of imidazole rings is 1. The molecule has 5 rings (SSSR count). The van der Waals surface area contributed by atoms with Gasteiger partial charge in [0.25, 0.3) is 0 Å². The van der Waals surface area contributed by atoms with Crippen molar-refractivity contribution in [1.82, 2.24) is 19.0 Å². The standard InChI is InChI=1S/C24H24ClFN4/c25-19-1-6-24-22(15-19)23(16-30(24)21-4-2-20(26)3-5-21)18-7-10-28(11-8-18)13-14-29-12-9-27-17-29/h1-6,9,12,15-18H,7-8,10-11,13-14H2. The second kappa shape index (κ2) is 8.25. The zero-order valence-electron chi connectivity index (χ0n) is 16.7. The normalized spacial score (nSPS) is 15.8. The molecule has 4 nitrogen and oxygen atoms in total. The summed E-state index contributed by atoms with van der Waals surface area (Å²) in [7, 11) is 0. The summed E-state index contributed by atoms with van der Waals surface area (Å²) in [6, 6.07) is 12.7. The van der Waals surface area contributed by atoms with Crippen LogP contribution in [0, 0.1) is 5.82 Å². The van der Waals surface area contributed by atoms with Crippen LogP contribution in [-0.4, -0.2) is 38.7 Å². The summed E-state index contributed by atoms with van der Waals surface area (Å²) < 4.78 is 17.7. The second-order valence-electron chi connectivity index (χ2n) is 8.01. The number of hydrogen-bond donors (Lipinski definition) is 0. The van der Waals surface area contributed by atoms with Crippen molar-refractivity contribution in [3.63, 3.8) is 0 Å². The van der Waals surface area contributed by atoms with Gasteiger partial charge in [-0.25, -0.2) is 9.37 Å². The fourth-order valence-electron chi connectivity index (χ4n) is 4.51. The lowest BCUT2D eigenvalue weighted by atomic mass is 9.89. The average Bonchev–Trinajstić information content (AvgIpc) is 3.41. The van der Waals surface area contributed by atoms with Gasteiger partial charge in [0.2, 0.25) is 0 Å². The van der Waals surface area contributed by atoms with Crippen LogP contribution in [-0.2, 0) is 6.54 Å². The number of benzene rings is 2. The molecule has 0 bridgehead atoms. The predicted molar refractivity (Wildman–Crippen MR) is 119 cm³/mol. The number of nitrogens with zero attached hydrogens (tertiary/aromatic N) is 4. The van der Waals surface area contributed by atoms with E-state index in [0.717, 1.165) is 55.2 Å². The smallest absolute Gasteiger partial charge is 0.123 e. The van der Waals surface area contributed by atoms with Crippen LogP contribution >= 0.6 is 11.6 Å². The van der Waals surface area contributed by atoms with Gasteiger partial charge in [0.1, 0.15) is 5.82 Å². The molecule has 154 valence electrons. The van der Waals surface area contributed by atoms with E-state index >= 15 is 0 Å². The molecule has 1 aliphatic rings. The SMILES string of the molecule is Fc1ccc(-n2cc(C3CCN(CCn4ccnc4)CC3)c3cc(Cl)ccc32)cc1. The lowest BCUT2D eigenvalue weighted by Crippen LogP contribution is -2.35.